The number of aromatic nitrogens is 3. The Labute approximate surface area is 396 Å². The summed E-state index contributed by atoms with van der Waals surface area (Å²) in [7, 11) is 1.70. The molecular formula is C55H53Br2FN6O. The van der Waals surface area contributed by atoms with E-state index >= 15 is 0 Å². The quantitative estimate of drug-likeness (QED) is 0.0960. The van der Waals surface area contributed by atoms with Gasteiger partial charge in [-0.2, -0.15) is 0 Å². The molecule has 7 nitrogen and oxygen atoms in total. The van der Waals surface area contributed by atoms with Gasteiger partial charge in [-0.3, -0.25) is 0 Å². The third-order valence-corrected chi connectivity index (χ3v) is 14.1. The van der Waals surface area contributed by atoms with E-state index in [9.17, 15) is 4.39 Å². The number of anilines is 3. The molecule has 9 aromatic rings. The van der Waals surface area contributed by atoms with Gasteiger partial charge in [0.1, 0.15) is 11.6 Å². The molecule has 12 rings (SSSR count). The van der Waals surface area contributed by atoms with E-state index < -0.39 is 0 Å². The summed E-state index contributed by atoms with van der Waals surface area (Å²) in [5.74, 6) is 0.674. The van der Waals surface area contributed by atoms with Gasteiger partial charge in [-0.25, -0.2) is 4.39 Å². The van der Waals surface area contributed by atoms with Crippen LogP contribution in [0.3, 0.4) is 0 Å². The van der Waals surface area contributed by atoms with Crippen LogP contribution >= 0.6 is 31.9 Å². The van der Waals surface area contributed by atoms with E-state index in [0.717, 1.165) is 58.2 Å². The fourth-order valence-corrected chi connectivity index (χ4v) is 10.9. The molecule has 0 amide bonds. The molecular weight excluding hydrogens is 939 g/mol. The van der Waals surface area contributed by atoms with Gasteiger partial charge in [0, 0.05) is 81.9 Å². The van der Waals surface area contributed by atoms with Crippen LogP contribution in [-0.4, -0.2) is 22.1 Å². The Morgan fingerprint density at radius 1 is 0.477 bits per heavy atom. The third-order valence-electron chi connectivity index (χ3n) is 13.1. The summed E-state index contributed by atoms with van der Waals surface area (Å²) < 4.78 is 20.9. The zero-order valence-corrected chi connectivity index (χ0v) is 39.6. The lowest BCUT2D eigenvalue weighted by molar-refractivity contribution is 0.415. The standard InChI is InChI=1S/C19H19BrN2O.C18H16BrFN2.C18H18N2/c1-23-14-5-2-4-13(11-14)21-18-7-3-6-15-16-10-12(20)8-9-17(16)22-19(15)18;19-11-7-8-16-15(9-11)14-5-2-6-17(18(14)22-16)21-13-4-1-3-12(20)10-13;1-2-7-13(8-3-1)19-17-12-6-10-15-14-9-4-5-11-16(14)20-18(15)17/h2,4-5,8-11,18,21-22H,3,6-7H2,1H3;1,3-4,7-10,17,21-22H,2,5-6H2;1-5,7-9,11,17,19-20H,6,10,12H2. The summed E-state index contributed by atoms with van der Waals surface area (Å²) in [5, 5.41) is 14.8. The fraction of sp³-hybridized carbons (Fsp3) is 0.236. The molecule has 6 N–H and O–H groups in total. The van der Waals surface area contributed by atoms with Crippen molar-refractivity contribution in [2.75, 3.05) is 23.1 Å². The van der Waals surface area contributed by atoms with Crippen LogP contribution in [0.25, 0.3) is 32.7 Å². The van der Waals surface area contributed by atoms with Gasteiger partial charge in [0.25, 0.3) is 0 Å². The van der Waals surface area contributed by atoms with Gasteiger partial charge >= 0.3 is 0 Å². The zero-order chi connectivity index (χ0) is 44.3. The van der Waals surface area contributed by atoms with Crippen LogP contribution in [0.2, 0.25) is 0 Å². The lowest BCUT2D eigenvalue weighted by Crippen LogP contribution is -2.17. The maximum absolute atomic E-state index is 13.4. The van der Waals surface area contributed by atoms with Crippen LogP contribution in [-0.2, 0) is 19.3 Å². The van der Waals surface area contributed by atoms with E-state index in [1.165, 1.54) is 104 Å². The van der Waals surface area contributed by atoms with Gasteiger partial charge in [-0.1, -0.05) is 80.4 Å². The Morgan fingerprint density at radius 3 is 1.49 bits per heavy atom. The van der Waals surface area contributed by atoms with Crippen LogP contribution in [0.15, 0.2) is 148 Å². The van der Waals surface area contributed by atoms with Gasteiger partial charge in [0.15, 0.2) is 0 Å². The molecule has 0 fully saturated rings. The summed E-state index contributed by atoms with van der Waals surface area (Å²) in [4.78, 5) is 10.8. The molecule has 6 aromatic carbocycles. The summed E-state index contributed by atoms with van der Waals surface area (Å²) in [6.07, 6.45) is 10.4. The van der Waals surface area contributed by atoms with Gasteiger partial charge < -0.3 is 35.6 Å². The molecule has 0 saturated heterocycles. The van der Waals surface area contributed by atoms with Crippen molar-refractivity contribution < 1.29 is 9.13 Å². The summed E-state index contributed by atoms with van der Waals surface area (Å²) in [5.41, 5.74) is 15.1. The molecule has 0 saturated carbocycles. The number of nitrogens with one attached hydrogen (secondary N) is 6. The van der Waals surface area contributed by atoms with Gasteiger partial charge in [0.2, 0.25) is 0 Å². The number of aryl methyl sites for hydroxylation is 3. The minimum atomic E-state index is -0.207. The average Bonchev–Trinajstić information content (AvgIpc) is 4.02. The molecule has 3 aromatic heterocycles. The van der Waals surface area contributed by atoms with Gasteiger partial charge in [0.05, 0.1) is 25.2 Å². The molecule has 65 heavy (non-hydrogen) atoms. The average molecular weight is 993 g/mol. The van der Waals surface area contributed by atoms with Crippen molar-refractivity contribution in [1.29, 1.82) is 0 Å². The molecule has 0 aliphatic heterocycles. The van der Waals surface area contributed by atoms with Crippen molar-refractivity contribution in [2.24, 2.45) is 0 Å². The highest BCUT2D eigenvalue weighted by molar-refractivity contribution is 9.10. The minimum Gasteiger partial charge on any atom is -0.497 e. The highest BCUT2D eigenvalue weighted by Crippen LogP contribution is 2.40. The van der Waals surface area contributed by atoms with Gasteiger partial charge in [-0.15, -0.1) is 0 Å². The lowest BCUT2D eigenvalue weighted by atomic mass is 9.91. The number of halogens is 3. The maximum Gasteiger partial charge on any atom is 0.125 e. The van der Waals surface area contributed by atoms with E-state index in [1.807, 2.05) is 24.3 Å². The summed E-state index contributed by atoms with van der Waals surface area (Å²) in [6, 6.07) is 47.7. The molecule has 0 bridgehead atoms. The molecule has 10 heteroatoms. The van der Waals surface area contributed by atoms with E-state index in [2.05, 4.69) is 160 Å². The number of rotatable bonds is 7. The number of H-pyrrole nitrogens is 3. The zero-order valence-electron chi connectivity index (χ0n) is 36.4. The summed E-state index contributed by atoms with van der Waals surface area (Å²) in [6.45, 7) is 0. The number of aromatic amines is 3. The van der Waals surface area contributed by atoms with E-state index in [4.69, 9.17) is 4.74 Å². The fourth-order valence-electron chi connectivity index (χ4n) is 10.1. The van der Waals surface area contributed by atoms with Crippen LogP contribution in [0.5, 0.6) is 5.75 Å². The molecule has 330 valence electrons. The SMILES string of the molecule is COc1cccc(NC2CCCc3c2[nH]c2ccc(Br)cc32)c1.Fc1cccc(NC2CCCc3c2[nH]c2ccc(Br)cc32)c1.c1ccc(NC2CCCc3c2[nH]c2ccccc32)cc1. The molecule has 3 aliphatic carbocycles. The van der Waals surface area contributed by atoms with E-state index in [-0.39, 0.29) is 11.9 Å². The Morgan fingerprint density at radius 2 is 0.938 bits per heavy atom. The van der Waals surface area contributed by atoms with Crippen LogP contribution in [0.1, 0.15) is 90.4 Å². The predicted octanol–water partition coefficient (Wildman–Crippen LogP) is 15.6. The second kappa shape index (κ2) is 19.2. The van der Waals surface area contributed by atoms with Crippen molar-refractivity contribution in [3.05, 3.63) is 188 Å². The normalized spacial score (nSPS) is 17.4. The van der Waals surface area contributed by atoms with E-state index in [0.29, 0.717) is 12.1 Å². The number of hydrogen-bond donors (Lipinski definition) is 6. The van der Waals surface area contributed by atoms with Crippen molar-refractivity contribution >= 4 is 81.6 Å². The van der Waals surface area contributed by atoms with Crippen molar-refractivity contribution in [3.63, 3.8) is 0 Å². The number of ether oxygens (including phenoxy) is 1. The molecule has 0 radical (unpaired) electrons. The van der Waals surface area contributed by atoms with Crippen molar-refractivity contribution in [2.45, 2.75) is 75.9 Å². The Hall–Kier alpha value is -5.97. The van der Waals surface area contributed by atoms with Crippen molar-refractivity contribution in [1.82, 2.24) is 15.0 Å². The van der Waals surface area contributed by atoms with Crippen LogP contribution < -0.4 is 20.7 Å². The Kier molecular flexibility index (Phi) is 12.7. The Balaban J connectivity index is 0.000000115. The topological polar surface area (TPSA) is 92.7 Å². The molecule has 3 atom stereocenters. The van der Waals surface area contributed by atoms with Crippen molar-refractivity contribution in [3.8, 4) is 5.75 Å². The smallest absolute Gasteiger partial charge is 0.125 e. The molecule has 3 unspecified atom stereocenters. The highest BCUT2D eigenvalue weighted by Gasteiger charge is 2.27. The van der Waals surface area contributed by atoms with Crippen LogP contribution in [0, 0.1) is 5.82 Å². The number of para-hydroxylation sites is 2. The van der Waals surface area contributed by atoms with Crippen LogP contribution in [0.4, 0.5) is 21.5 Å². The Bertz CT molecular complexity index is 3080. The third kappa shape index (κ3) is 9.42. The minimum absolute atomic E-state index is 0.205. The number of methoxy groups -OCH3 is 1. The summed E-state index contributed by atoms with van der Waals surface area (Å²) >= 11 is 7.14. The molecule has 3 heterocycles. The highest BCUT2D eigenvalue weighted by atomic mass is 79.9. The number of fused-ring (bicyclic) bond motifs is 9. The number of hydrogen-bond acceptors (Lipinski definition) is 4. The first-order valence-corrected chi connectivity index (χ1v) is 24.4. The number of benzene rings is 6. The lowest BCUT2D eigenvalue weighted by Gasteiger charge is -2.25. The second-order valence-corrected chi connectivity index (χ2v) is 19.2. The predicted molar refractivity (Wildman–Crippen MR) is 274 cm³/mol. The first-order valence-electron chi connectivity index (χ1n) is 22.8. The maximum atomic E-state index is 13.4. The molecule has 3 aliphatic rings. The first-order chi connectivity index (χ1) is 31.9. The first kappa shape index (κ1) is 43.0. The largest absolute Gasteiger partial charge is 0.497 e. The monoisotopic (exact) mass is 990 g/mol. The second-order valence-electron chi connectivity index (χ2n) is 17.4. The van der Waals surface area contributed by atoms with Gasteiger partial charge in [-0.05, 0) is 159 Å². The van der Waals surface area contributed by atoms with E-state index in [1.54, 1.807) is 19.2 Å². The molecule has 0 spiro atoms.